The number of piperidine rings is 1. The maximum Gasteiger partial charge on any atom is 0.0220 e. The normalized spacial score (nSPS) is 33.5. The summed E-state index contributed by atoms with van der Waals surface area (Å²) >= 11 is 0. The molecule has 18 heavy (non-hydrogen) atoms. The lowest BCUT2D eigenvalue weighted by atomic mass is 9.92. The van der Waals surface area contributed by atoms with Crippen LogP contribution in [0, 0.1) is 5.92 Å². The van der Waals surface area contributed by atoms with Gasteiger partial charge in [0.1, 0.15) is 0 Å². The van der Waals surface area contributed by atoms with Gasteiger partial charge in [-0.05, 0) is 38.6 Å². The monoisotopic (exact) mass is 253 g/mol. The van der Waals surface area contributed by atoms with Crippen molar-refractivity contribution >= 4 is 0 Å². The highest BCUT2D eigenvalue weighted by molar-refractivity contribution is 4.84. The summed E-state index contributed by atoms with van der Waals surface area (Å²) in [6.07, 6.45) is 4.05. The molecule has 3 unspecified atom stereocenters. The minimum Gasteiger partial charge on any atom is -0.312 e. The highest BCUT2D eigenvalue weighted by Crippen LogP contribution is 2.17. The fraction of sp³-hybridized carbons (Fsp3) is 1.00. The fourth-order valence-electron chi connectivity index (χ4n) is 3.28. The molecule has 2 rings (SSSR count). The van der Waals surface area contributed by atoms with E-state index in [1.807, 2.05) is 0 Å². The Morgan fingerprint density at radius 3 is 2.56 bits per heavy atom. The van der Waals surface area contributed by atoms with Crippen LogP contribution in [0.5, 0.6) is 0 Å². The van der Waals surface area contributed by atoms with Gasteiger partial charge in [0.2, 0.25) is 0 Å². The third-order valence-corrected chi connectivity index (χ3v) is 5.01. The van der Waals surface area contributed by atoms with Crippen molar-refractivity contribution in [2.45, 2.75) is 52.1 Å². The van der Waals surface area contributed by atoms with Crippen LogP contribution in [0.3, 0.4) is 0 Å². The lowest BCUT2D eigenvalue weighted by Crippen LogP contribution is -2.54. The third kappa shape index (κ3) is 3.69. The van der Waals surface area contributed by atoms with Gasteiger partial charge in [0.05, 0.1) is 0 Å². The Bertz CT molecular complexity index is 236. The number of nitrogens with zero attached hydrogens (tertiary/aromatic N) is 2. The largest absolute Gasteiger partial charge is 0.312 e. The first kappa shape index (κ1) is 14.3. The second-order valence-electron chi connectivity index (χ2n) is 6.27. The zero-order valence-corrected chi connectivity index (χ0v) is 12.5. The van der Waals surface area contributed by atoms with Crippen LogP contribution >= 0.6 is 0 Å². The summed E-state index contributed by atoms with van der Waals surface area (Å²) in [6.45, 7) is 14.6. The average molecular weight is 253 g/mol. The van der Waals surface area contributed by atoms with Gasteiger partial charge in [-0.15, -0.1) is 0 Å². The summed E-state index contributed by atoms with van der Waals surface area (Å²) in [5.74, 6) is 0.853. The van der Waals surface area contributed by atoms with Crippen molar-refractivity contribution in [1.82, 2.24) is 15.1 Å². The van der Waals surface area contributed by atoms with Crippen LogP contribution in [0.4, 0.5) is 0 Å². The van der Waals surface area contributed by atoms with E-state index in [9.17, 15) is 0 Å². The highest BCUT2D eigenvalue weighted by Gasteiger charge is 2.26. The van der Waals surface area contributed by atoms with Crippen LogP contribution < -0.4 is 5.32 Å². The Kier molecular flexibility index (Phi) is 5.46. The number of nitrogens with one attached hydrogen (secondary N) is 1. The van der Waals surface area contributed by atoms with E-state index in [1.54, 1.807) is 0 Å². The molecule has 2 aliphatic heterocycles. The van der Waals surface area contributed by atoms with Gasteiger partial charge in [-0.25, -0.2) is 0 Å². The molecule has 106 valence electrons. The van der Waals surface area contributed by atoms with Crippen LogP contribution in [0.15, 0.2) is 0 Å². The van der Waals surface area contributed by atoms with Gasteiger partial charge < -0.3 is 5.32 Å². The van der Waals surface area contributed by atoms with Gasteiger partial charge in [0.15, 0.2) is 0 Å². The van der Waals surface area contributed by atoms with E-state index in [1.165, 1.54) is 58.5 Å². The molecular weight excluding hydrogens is 222 g/mol. The molecule has 0 aromatic heterocycles. The maximum absolute atomic E-state index is 3.71. The SMILES string of the molecule is CCC(C)N1CCN(CC2NCCCC2C)CC1. The van der Waals surface area contributed by atoms with Crippen LogP contribution in [0.2, 0.25) is 0 Å². The minimum absolute atomic E-state index is 0.730. The molecule has 3 nitrogen and oxygen atoms in total. The zero-order valence-electron chi connectivity index (χ0n) is 12.5. The molecule has 0 amide bonds. The van der Waals surface area contributed by atoms with E-state index >= 15 is 0 Å². The Hall–Kier alpha value is -0.120. The number of piperazine rings is 1. The summed E-state index contributed by atoms with van der Waals surface area (Å²) in [7, 11) is 0. The predicted molar refractivity (Wildman–Crippen MR) is 78.0 cm³/mol. The molecule has 2 fully saturated rings. The van der Waals surface area contributed by atoms with E-state index in [-0.39, 0.29) is 0 Å². The zero-order chi connectivity index (χ0) is 13.0. The van der Waals surface area contributed by atoms with Crippen LogP contribution in [-0.2, 0) is 0 Å². The summed E-state index contributed by atoms with van der Waals surface area (Å²) in [5, 5.41) is 3.71. The molecule has 0 radical (unpaired) electrons. The summed E-state index contributed by atoms with van der Waals surface area (Å²) in [5.41, 5.74) is 0. The molecule has 2 saturated heterocycles. The van der Waals surface area contributed by atoms with Gasteiger partial charge in [-0.3, -0.25) is 9.80 Å². The van der Waals surface area contributed by atoms with E-state index in [0.717, 1.165) is 18.0 Å². The molecule has 0 aromatic carbocycles. The molecule has 1 N–H and O–H groups in total. The lowest BCUT2D eigenvalue weighted by molar-refractivity contribution is 0.0850. The summed E-state index contributed by atoms with van der Waals surface area (Å²) in [6, 6.07) is 1.49. The molecule has 2 heterocycles. The molecular formula is C15H31N3. The molecule has 0 spiro atoms. The molecule has 0 aromatic rings. The smallest absolute Gasteiger partial charge is 0.0220 e. The van der Waals surface area contributed by atoms with Crippen LogP contribution in [-0.4, -0.2) is 61.2 Å². The van der Waals surface area contributed by atoms with Gasteiger partial charge in [-0.1, -0.05) is 13.8 Å². The second kappa shape index (κ2) is 6.88. The van der Waals surface area contributed by atoms with Crippen molar-refractivity contribution in [2.24, 2.45) is 5.92 Å². The van der Waals surface area contributed by atoms with E-state index in [2.05, 4.69) is 35.9 Å². The topological polar surface area (TPSA) is 18.5 Å². The Morgan fingerprint density at radius 2 is 1.94 bits per heavy atom. The standard InChI is InChI=1S/C15H31N3/c1-4-14(3)18-10-8-17(9-11-18)12-15-13(2)6-5-7-16-15/h13-16H,4-12H2,1-3H3. The number of hydrogen-bond acceptors (Lipinski definition) is 3. The van der Waals surface area contributed by atoms with Gasteiger partial charge in [-0.2, -0.15) is 0 Å². The second-order valence-corrected chi connectivity index (χ2v) is 6.27. The molecule has 2 aliphatic rings. The highest BCUT2D eigenvalue weighted by atomic mass is 15.3. The maximum atomic E-state index is 3.71. The van der Waals surface area contributed by atoms with E-state index < -0.39 is 0 Å². The Morgan fingerprint density at radius 1 is 1.22 bits per heavy atom. The first-order chi connectivity index (χ1) is 8.70. The minimum atomic E-state index is 0.730. The van der Waals surface area contributed by atoms with Gasteiger partial charge >= 0.3 is 0 Å². The predicted octanol–water partition coefficient (Wildman–Crippen LogP) is 1.79. The molecule has 0 bridgehead atoms. The average Bonchev–Trinajstić information content (AvgIpc) is 2.41. The number of hydrogen-bond donors (Lipinski definition) is 1. The first-order valence-electron chi connectivity index (χ1n) is 7.90. The molecule has 0 saturated carbocycles. The quantitative estimate of drug-likeness (QED) is 0.824. The van der Waals surface area contributed by atoms with Gasteiger partial charge in [0.25, 0.3) is 0 Å². The van der Waals surface area contributed by atoms with Crippen LogP contribution in [0.25, 0.3) is 0 Å². The van der Waals surface area contributed by atoms with Crippen molar-refractivity contribution in [2.75, 3.05) is 39.3 Å². The Balaban J connectivity index is 1.72. The lowest BCUT2D eigenvalue weighted by Gasteiger charge is -2.41. The molecule has 3 atom stereocenters. The van der Waals surface area contributed by atoms with Crippen molar-refractivity contribution in [1.29, 1.82) is 0 Å². The Labute approximate surface area is 113 Å². The summed E-state index contributed by atoms with van der Waals surface area (Å²) in [4.78, 5) is 5.31. The van der Waals surface area contributed by atoms with Gasteiger partial charge in [0, 0.05) is 44.8 Å². The van der Waals surface area contributed by atoms with E-state index in [0.29, 0.717) is 0 Å². The summed E-state index contributed by atoms with van der Waals surface area (Å²) < 4.78 is 0. The van der Waals surface area contributed by atoms with Crippen molar-refractivity contribution in [3.05, 3.63) is 0 Å². The van der Waals surface area contributed by atoms with E-state index in [4.69, 9.17) is 0 Å². The van der Waals surface area contributed by atoms with Crippen molar-refractivity contribution in [3.8, 4) is 0 Å². The fourth-order valence-corrected chi connectivity index (χ4v) is 3.28. The third-order valence-electron chi connectivity index (χ3n) is 5.01. The molecule has 0 aliphatic carbocycles. The molecule has 3 heteroatoms. The van der Waals surface area contributed by atoms with Crippen molar-refractivity contribution < 1.29 is 0 Å². The van der Waals surface area contributed by atoms with Crippen LogP contribution in [0.1, 0.15) is 40.0 Å². The first-order valence-corrected chi connectivity index (χ1v) is 7.90. The number of rotatable bonds is 4. The van der Waals surface area contributed by atoms with Crippen molar-refractivity contribution in [3.63, 3.8) is 0 Å².